The van der Waals surface area contributed by atoms with Crippen LogP contribution in [0.25, 0.3) is 11.1 Å². The van der Waals surface area contributed by atoms with Crippen LogP contribution in [0.3, 0.4) is 0 Å². The van der Waals surface area contributed by atoms with Crippen molar-refractivity contribution >= 4 is 23.2 Å². The second-order valence-corrected chi connectivity index (χ2v) is 8.95. The van der Waals surface area contributed by atoms with Gasteiger partial charge in [-0.1, -0.05) is 36.7 Å². The van der Waals surface area contributed by atoms with Crippen LogP contribution in [0.5, 0.6) is 0 Å². The van der Waals surface area contributed by atoms with Crippen LogP contribution < -0.4 is 0 Å². The molecule has 2 aromatic rings. The fourth-order valence-corrected chi connectivity index (χ4v) is 5.74. The number of carbonyl (C=O) groups is 2. The van der Waals surface area contributed by atoms with Crippen molar-refractivity contribution in [3.63, 3.8) is 0 Å². The summed E-state index contributed by atoms with van der Waals surface area (Å²) in [5.41, 5.74) is 1.40. The van der Waals surface area contributed by atoms with Crippen molar-refractivity contribution in [2.45, 2.75) is 50.5 Å². The number of ketones is 2. The highest BCUT2D eigenvalue weighted by Crippen LogP contribution is 2.52. The molecule has 0 spiro atoms. The van der Waals surface area contributed by atoms with Gasteiger partial charge in [0, 0.05) is 0 Å². The van der Waals surface area contributed by atoms with Crippen molar-refractivity contribution in [1.82, 2.24) is 0 Å². The molecule has 0 N–H and O–H groups in total. The number of hydrogen-bond acceptors (Lipinski definition) is 3. The van der Waals surface area contributed by atoms with Gasteiger partial charge in [0.25, 0.3) is 0 Å². The van der Waals surface area contributed by atoms with Gasteiger partial charge in [-0.25, -0.2) is 0 Å². The summed E-state index contributed by atoms with van der Waals surface area (Å²) in [4.78, 5) is 26.5. The van der Waals surface area contributed by atoms with E-state index in [1.54, 1.807) is 18.2 Å². The Hall–Kier alpha value is -2.18. The zero-order chi connectivity index (χ0) is 22.1. The quantitative estimate of drug-likeness (QED) is 0.572. The van der Waals surface area contributed by atoms with E-state index in [2.05, 4.69) is 0 Å². The third-order valence-electron chi connectivity index (χ3n) is 6.94. The first-order valence-electron chi connectivity index (χ1n) is 10.4. The van der Waals surface area contributed by atoms with Gasteiger partial charge in [0.05, 0.1) is 34.6 Å². The molecule has 1 aliphatic carbocycles. The molecule has 31 heavy (non-hydrogen) atoms. The SMILES string of the molecule is CCc1ccc(-c2ccc(Cl)c(C(F)(F)F)c2)cc1C1C(=O)[C@@H]2[C@H](C1=O)[C@H]1CC[C@H]2O1. The van der Waals surface area contributed by atoms with E-state index in [9.17, 15) is 22.8 Å². The summed E-state index contributed by atoms with van der Waals surface area (Å²) in [6.45, 7) is 1.93. The van der Waals surface area contributed by atoms with E-state index in [0.717, 1.165) is 24.5 Å². The third kappa shape index (κ3) is 3.14. The van der Waals surface area contributed by atoms with Crippen molar-refractivity contribution in [2.75, 3.05) is 0 Å². The Kier molecular flexibility index (Phi) is 4.79. The van der Waals surface area contributed by atoms with Crippen molar-refractivity contribution < 1.29 is 27.5 Å². The minimum atomic E-state index is -4.58. The fourth-order valence-electron chi connectivity index (χ4n) is 5.52. The second-order valence-electron chi connectivity index (χ2n) is 8.54. The molecular weight excluding hydrogens is 429 g/mol. The van der Waals surface area contributed by atoms with Crippen LogP contribution in [0.4, 0.5) is 13.2 Å². The average molecular weight is 449 g/mol. The lowest BCUT2D eigenvalue weighted by Gasteiger charge is -2.18. The number of rotatable bonds is 3. The van der Waals surface area contributed by atoms with Gasteiger partial charge >= 0.3 is 6.18 Å². The van der Waals surface area contributed by atoms with Crippen molar-refractivity contribution in [1.29, 1.82) is 0 Å². The van der Waals surface area contributed by atoms with Gasteiger partial charge in [-0.05, 0) is 59.7 Å². The Morgan fingerprint density at radius 3 is 2.13 bits per heavy atom. The highest BCUT2D eigenvalue weighted by atomic mass is 35.5. The predicted molar refractivity (Wildman–Crippen MR) is 109 cm³/mol. The summed E-state index contributed by atoms with van der Waals surface area (Å²) in [6.07, 6.45) is -2.75. The largest absolute Gasteiger partial charge is 0.417 e. The Balaban J connectivity index is 1.58. The molecular formula is C24H20ClF3O3. The Labute approximate surface area is 182 Å². The summed E-state index contributed by atoms with van der Waals surface area (Å²) < 4.78 is 45.8. The van der Waals surface area contributed by atoms with Gasteiger partial charge in [0.15, 0.2) is 11.6 Å². The number of alkyl halides is 3. The molecule has 7 heteroatoms. The number of ether oxygens (including phenoxy) is 1. The maximum atomic E-state index is 13.3. The zero-order valence-corrected chi connectivity index (χ0v) is 17.5. The van der Waals surface area contributed by atoms with Gasteiger partial charge in [-0.15, -0.1) is 0 Å². The summed E-state index contributed by atoms with van der Waals surface area (Å²) in [5, 5.41) is -0.369. The van der Waals surface area contributed by atoms with E-state index in [-0.39, 0.29) is 28.8 Å². The molecule has 1 unspecified atom stereocenters. The van der Waals surface area contributed by atoms with E-state index < -0.39 is 29.5 Å². The number of fused-ring (bicyclic) bond motifs is 5. The maximum absolute atomic E-state index is 13.3. The second kappa shape index (κ2) is 7.17. The lowest BCUT2D eigenvalue weighted by Crippen LogP contribution is -2.29. The van der Waals surface area contributed by atoms with E-state index in [0.29, 0.717) is 23.1 Å². The Morgan fingerprint density at radius 1 is 0.968 bits per heavy atom. The first-order chi connectivity index (χ1) is 14.7. The molecule has 0 amide bonds. The van der Waals surface area contributed by atoms with Crippen molar-refractivity contribution in [3.8, 4) is 11.1 Å². The number of benzene rings is 2. The normalized spacial score (nSPS) is 29.6. The third-order valence-corrected chi connectivity index (χ3v) is 7.27. The number of Topliss-reactive ketones (excluding diaryl/α,β-unsaturated/α-hetero) is 2. The smallest absolute Gasteiger partial charge is 0.373 e. The molecule has 162 valence electrons. The number of hydrogen-bond donors (Lipinski definition) is 0. The lowest BCUT2D eigenvalue weighted by molar-refractivity contribution is -0.137. The van der Waals surface area contributed by atoms with Crippen LogP contribution in [-0.4, -0.2) is 23.8 Å². The minimum absolute atomic E-state index is 0.110. The summed E-state index contributed by atoms with van der Waals surface area (Å²) >= 11 is 5.76. The highest BCUT2D eigenvalue weighted by molar-refractivity contribution is 6.31. The van der Waals surface area contributed by atoms with Gasteiger partial charge in [0.1, 0.15) is 5.92 Å². The molecule has 3 aliphatic rings. The topological polar surface area (TPSA) is 43.4 Å². The van der Waals surface area contributed by atoms with Crippen LogP contribution >= 0.6 is 11.6 Å². The van der Waals surface area contributed by atoms with Gasteiger partial charge < -0.3 is 4.74 Å². The predicted octanol–water partition coefficient (Wildman–Crippen LogP) is 5.62. The van der Waals surface area contributed by atoms with Crippen LogP contribution in [0.15, 0.2) is 36.4 Å². The molecule has 3 nitrogen and oxygen atoms in total. The molecule has 2 bridgehead atoms. The molecule has 3 fully saturated rings. The molecule has 2 heterocycles. The molecule has 2 aromatic carbocycles. The maximum Gasteiger partial charge on any atom is 0.417 e. The van der Waals surface area contributed by atoms with Crippen LogP contribution in [0.2, 0.25) is 5.02 Å². The molecule has 5 atom stereocenters. The monoisotopic (exact) mass is 448 g/mol. The van der Waals surface area contributed by atoms with E-state index in [1.165, 1.54) is 12.1 Å². The van der Waals surface area contributed by atoms with Gasteiger partial charge in [-0.2, -0.15) is 13.2 Å². The Bertz CT molecular complexity index is 1070. The average Bonchev–Trinajstić information content (AvgIpc) is 3.41. The number of aryl methyl sites for hydroxylation is 1. The molecule has 0 radical (unpaired) electrons. The first kappa shape index (κ1) is 20.7. The van der Waals surface area contributed by atoms with Crippen LogP contribution in [0, 0.1) is 11.8 Å². The number of halogens is 4. The van der Waals surface area contributed by atoms with Crippen LogP contribution in [-0.2, 0) is 26.9 Å². The number of carbonyl (C=O) groups excluding carboxylic acids is 2. The zero-order valence-electron chi connectivity index (χ0n) is 16.7. The molecule has 1 saturated carbocycles. The molecule has 5 rings (SSSR count). The van der Waals surface area contributed by atoms with E-state index in [4.69, 9.17) is 16.3 Å². The standard InChI is InChI=1S/C24H20ClF3O3/c1-2-11-3-4-12(13-5-6-16(25)15(10-13)24(26,27)28)9-14(11)19-22(29)20-17-7-8-18(31-17)21(20)23(19)30/h3-6,9-10,17-21H,2,7-8H2,1H3/t17-,18-,19?,20-,21+/m1/s1. The van der Waals surface area contributed by atoms with Crippen molar-refractivity contribution in [2.24, 2.45) is 11.8 Å². The van der Waals surface area contributed by atoms with E-state index in [1.807, 2.05) is 6.92 Å². The molecule has 0 aromatic heterocycles. The summed E-state index contributed by atoms with van der Waals surface area (Å²) in [5.74, 6) is -1.87. The minimum Gasteiger partial charge on any atom is -0.373 e. The summed E-state index contributed by atoms with van der Waals surface area (Å²) in [6, 6.07) is 8.97. The Morgan fingerprint density at radius 2 is 1.55 bits per heavy atom. The van der Waals surface area contributed by atoms with E-state index >= 15 is 0 Å². The first-order valence-corrected chi connectivity index (χ1v) is 10.8. The fraction of sp³-hybridized carbons (Fsp3) is 0.417. The molecule has 2 aliphatic heterocycles. The van der Waals surface area contributed by atoms with Gasteiger partial charge in [0.2, 0.25) is 0 Å². The van der Waals surface area contributed by atoms with Crippen molar-refractivity contribution in [3.05, 3.63) is 58.1 Å². The summed E-state index contributed by atoms with van der Waals surface area (Å²) in [7, 11) is 0. The van der Waals surface area contributed by atoms with Gasteiger partial charge in [-0.3, -0.25) is 9.59 Å². The highest BCUT2D eigenvalue weighted by Gasteiger charge is 2.63. The lowest BCUT2D eigenvalue weighted by atomic mass is 9.81. The molecule has 2 saturated heterocycles. The van der Waals surface area contributed by atoms with Crippen LogP contribution in [0.1, 0.15) is 42.4 Å².